The molecule has 2 saturated heterocycles. The maximum atomic E-state index is 9.60. The van der Waals surface area contributed by atoms with Crippen molar-refractivity contribution in [3.05, 3.63) is 23.8 Å². The van der Waals surface area contributed by atoms with E-state index in [1.165, 1.54) is 31.5 Å². The summed E-state index contributed by atoms with van der Waals surface area (Å²) in [6.07, 6.45) is 3.37. The molecule has 1 atom stereocenters. The van der Waals surface area contributed by atoms with Crippen LogP contribution in [0.3, 0.4) is 0 Å². The van der Waals surface area contributed by atoms with Crippen LogP contribution in [-0.2, 0) is 6.54 Å². The highest BCUT2D eigenvalue weighted by atomic mass is 16.6. The molecule has 0 amide bonds. The Labute approximate surface area is 162 Å². The number of likely N-dealkylation sites (tertiary alicyclic amines) is 1. The van der Waals surface area contributed by atoms with Gasteiger partial charge in [-0.2, -0.15) is 0 Å². The number of ether oxygens (including phenoxy) is 2. The highest BCUT2D eigenvalue weighted by Crippen LogP contribution is 2.31. The summed E-state index contributed by atoms with van der Waals surface area (Å²) >= 11 is 0. The Morgan fingerprint density at radius 3 is 2.59 bits per heavy atom. The van der Waals surface area contributed by atoms with E-state index in [4.69, 9.17) is 9.47 Å². The average molecular weight is 376 g/mol. The predicted molar refractivity (Wildman–Crippen MR) is 105 cm³/mol. The molecule has 150 valence electrons. The molecule has 6 heteroatoms. The monoisotopic (exact) mass is 375 g/mol. The van der Waals surface area contributed by atoms with Gasteiger partial charge in [-0.25, -0.2) is 0 Å². The second kappa shape index (κ2) is 8.78. The molecule has 0 unspecified atom stereocenters. The molecule has 27 heavy (non-hydrogen) atoms. The summed E-state index contributed by atoms with van der Waals surface area (Å²) in [6.45, 7) is 8.05. The molecule has 6 nitrogen and oxygen atoms in total. The fraction of sp³-hybridized carbons (Fsp3) is 0.714. The minimum absolute atomic E-state index is 0.269. The molecule has 2 fully saturated rings. The number of aliphatic hydroxyl groups excluding tert-OH is 1. The minimum atomic E-state index is 0.269. The van der Waals surface area contributed by atoms with Crippen LogP contribution in [0.2, 0.25) is 0 Å². The van der Waals surface area contributed by atoms with Gasteiger partial charge in [0.15, 0.2) is 11.5 Å². The molecule has 3 aliphatic rings. The van der Waals surface area contributed by atoms with Crippen molar-refractivity contribution in [3.63, 3.8) is 0 Å². The van der Waals surface area contributed by atoms with Gasteiger partial charge in [-0.3, -0.25) is 9.80 Å². The van der Waals surface area contributed by atoms with E-state index in [0.29, 0.717) is 25.3 Å². The molecule has 4 rings (SSSR count). The third-order valence-electron chi connectivity index (χ3n) is 6.24. The zero-order valence-electron chi connectivity index (χ0n) is 16.5. The van der Waals surface area contributed by atoms with Crippen molar-refractivity contribution in [3.8, 4) is 11.5 Å². The number of rotatable bonds is 5. The molecule has 0 aliphatic carbocycles. The minimum Gasteiger partial charge on any atom is -0.486 e. The molecule has 3 aliphatic heterocycles. The quantitative estimate of drug-likeness (QED) is 0.840. The second-order valence-electron chi connectivity index (χ2n) is 8.15. The van der Waals surface area contributed by atoms with Crippen molar-refractivity contribution in [1.29, 1.82) is 0 Å². The number of piperazine rings is 1. The highest BCUT2D eigenvalue weighted by molar-refractivity contribution is 5.43. The Morgan fingerprint density at radius 2 is 1.81 bits per heavy atom. The lowest BCUT2D eigenvalue weighted by Crippen LogP contribution is -2.58. The van der Waals surface area contributed by atoms with Crippen LogP contribution >= 0.6 is 0 Å². The normalized spacial score (nSPS) is 25.6. The maximum absolute atomic E-state index is 9.60. The van der Waals surface area contributed by atoms with Crippen molar-refractivity contribution < 1.29 is 14.6 Å². The summed E-state index contributed by atoms with van der Waals surface area (Å²) in [5, 5.41) is 9.60. The Morgan fingerprint density at radius 1 is 1.04 bits per heavy atom. The summed E-state index contributed by atoms with van der Waals surface area (Å²) in [4.78, 5) is 7.64. The van der Waals surface area contributed by atoms with Gasteiger partial charge in [0, 0.05) is 44.9 Å². The van der Waals surface area contributed by atoms with Crippen molar-refractivity contribution in [2.45, 2.75) is 37.9 Å². The first kappa shape index (κ1) is 19.0. The van der Waals surface area contributed by atoms with E-state index < -0.39 is 0 Å². The lowest BCUT2D eigenvalue weighted by Gasteiger charge is -2.47. The van der Waals surface area contributed by atoms with E-state index in [-0.39, 0.29) is 6.61 Å². The Hall–Kier alpha value is -1.34. The van der Waals surface area contributed by atoms with Crippen LogP contribution < -0.4 is 9.47 Å². The van der Waals surface area contributed by atoms with Gasteiger partial charge in [-0.05, 0) is 57.1 Å². The lowest BCUT2D eigenvalue weighted by atomic mass is 9.98. The Bertz CT molecular complexity index is 619. The molecule has 0 radical (unpaired) electrons. The first-order valence-corrected chi connectivity index (χ1v) is 10.4. The van der Waals surface area contributed by atoms with Gasteiger partial charge in [0.1, 0.15) is 13.2 Å². The molecule has 0 spiro atoms. The molecular formula is C21H33N3O3. The Balaban J connectivity index is 1.38. The number of benzene rings is 1. The fourth-order valence-electron chi connectivity index (χ4n) is 4.74. The van der Waals surface area contributed by atoms with E-state index in [9.17, 15) is 5.11 Å². The predicted octanol–water partition coefficient (Wildman–Crippen LogP) is 1.42. The first-order chi connectivity index (χ1) is 13.2. The number of piperidine rings is 1. The molecule has 3 heterocycles. The largest absolute Gasteiger partial charge is 0.486 e. The summed E-state index contributed by atoms with van der Waals surface area (Å²) in [7, 11) is 2.21. The zero-order valence-corrected chi connectivity index (χ0v) is 16.5. The SMILES string of the molecule is CN1CCC(N2CCN(Cc3ccc4c(c3)OCCO4)C[C@@H]2CCO)CC1. The standard InChI is InChI=1S/C21H33N3O3/c1-22-7-4-18(5-8-22)24-10-9-23(16-19(24)6-11-25)15-17-2-3-20-21(14-17)27-13-12-26-20/h2-3,14,18-19,25H,4-13,15-16H2,1H3/t19-/m0/s1. The second-order valence-corrected chi connectivity index (χ2v) is 8.15. The van der Waals surface area contributed by atoms with Crippen LogP contribution in [0.1, 0.15) is 24.8 Å². The number of hydrogen-bond acceptors (Lipinski definition) is 6. The number of nitrogens with zero attached hydrogens (tertiary/aromatic N) is 3. The molecule has 0 aromatic heterocycles. The van der Waals surface area contributed by atoms with Gasteiger partial charge in [0.2, 0.25) is 0 Å². The summed E-state index contributed by atoms with van der Waals surface area (Å²) in [5.41, 5.74) is 1.27. The molecule has 1 aromatic carbocycles. The van der Waals surface area contributed by atoms with Crippen LogP contribution in [0.25, 0.3) is 0 Å². The molecular weight excluding hydrogens is 342 g/mol. The van der Waals surface area contributed by atoms with Gasteiger partial charge in [-0.15, -0.1) is 0 Å². The van der Waals surface area contributed by atoms with Gasteiger partial charge >= 0.3 is 0 Å². The molecule has 0 bridgehead atoms. The van der Waals surface area contributed by atoms with Crippen molar-refractivity contribution in [2.75, 3.05) is 59.6 Å². The third kappa shape index (κ3) is 4.57. The van der Waals surface area contributed by atoms with E-state index in [1.807, 2.05) is 6.07 Å². The van der Waals surface area contributed by atoms with E-state index in [1.54, 1.807) is 0 Å². The zero-order chi connectivity index (χ0) is 18.6. The first-order valence-electron chi connectivity index (χ1n) is 10.4. The van der Waals surface area contributed by atoms with Crippen molar-refractivity contribution >= 4 is 0 Å². The van der Waals surface area contributed by atoms with E-state index in [0.717, 1.165) is 44.1 Å². The maximum Gasteiger partial charge on any atom is 0.161 e. The Kier molecular flexibility index (Phi) is 6.18. The van der Waals surface area contributed by atoms with E-state index in [2.05, 4.69) is 33.9 Å². The average Bonchev–Trinajstić information content (AvgIpc) is 2.69. The van der Waals surface area contributed by atoms with Crippen LogP contribution in [0.4, 0.5) is 0 Å². The van der Waals surface area contributed by atoms with Crippen LogP contribution in [0.5, 0.6) is 11.5 Å². The summed E-state index contributed by atoms with van der Waals surface area (Å²) < 4.78 is 11.4. The smallest absolute Gasteiger partial charge is 0.161 e. The van der Waals surface area contributed by atoms with Crippen LogP contribution in [0.15, 0.2) is 18.2 Å². The van der Waals surface area contributed by atoms with Gasteiger partial charge in [-0.1, -0.05) is 6.07 Å². The topological polar surface area (TPSA) is 48.4 Å². The fourth-order valence-corrected chi connectivity index (χ4v) is 4.74. The van der Waals surface area contributed by atoms with Gasteiger partial charge in [0.05, 0.1) is 0 Å². The van der Waals surface area contributed by atoms with Crippen molar-refractivity contribution in [1.82, 2.24) is 14.7 Å². The van der Waals surface area contributed by atoms with Crippen LogP contribution in [-0.4, -0.2) is 91.5 Å². The molecule has 1 aromatic rings. The summed E-state index contributed by atoms with van der Waals surface area (Å²) in [6, 6.07) is 7.43. The highest BCUT2D eigenvalue weighted by Gasteiger charge is 2.33. The molecule has 1 N–H and O–H groups in total. The van der Waals surface area contributed by atoms with Gasteiger partial charge < -0.3 is 19.5 Å². The van der Waals surface area contributed by atoms with Crippen molar-refractivity contribution in [2.24, 2.45) is 0 Å². The number of hydrogen-bond donors (Lipinski definition) is 1. The number of aliphatic hydroxyl groups is 1. The third-order valence-corrected chi connectivity index (χ3v) is 6.24. The van der Waals surface area contributed by atoms with E-state index >= 15 is 0 Å². The molecule has 0 saturated carbocycles. The lowest BCUT2D eigenvalue weighted by molar-refractivity contribution is 0.00596. The van der Waals surface area contributed by atoms with Crippen LogP contribution in [0, 0.1) is 0 Å². The van der Waals surface area contributed by atoms with Gasteiger partial charge in [0.25, 0.3) is 0 Å². The summed E-state index contributed by atoms with van der Waals surface area (Å²) in [5.74, 6) is 1.73. The number of fused-ring (bicyclic) bond motifs is 1.